The number of hydrogen-bond donors (Lipinski definition) is 3. The van der Waals surface area contributed by atoms with Crippen LogP contribution in [0, 0.1) is 6.92 Å². The van der Waals surface area contributed by atoms with Gasteiger partial charge in [-0.2, -0.15) is 0 Å². The van der Waals surface area contributed by atoms with Gasteiger partial charge in [-0.25, -0.2) is 0 Å². The van der Waals surface area contributed by atoms with E-state index in [-0.39, 0.29) is 17.3 Å². The summed E-state index contributed by atoms with van der Waals surface area (Å²) in [4.78, 5) is 13.8. The van der Waals surface area contributed by atoms with E-state index in [1.165, 1.54) is 31.4 Å². The molecule has 0 saturated carbocycles. The fourth-order valence-electron chi connectivity index (χ4n) is 4.74. The highest BCUT2D eigenvalue weighted by atomic mass is 16.5. The van der Waals surface area contributed by atoms with Gasteiger partial charge >= 0.3 is 0 Å². The average molecular weight is 499 g/mol. The predicted molar refractivity (Wildman–Crippen MR) is 141 cm³/mol. The van der Waals surface area contributed by atoms with Gasteiger partial charge in [0.05, 0.1) is 12.2 Å². The average Bonchev–Trinajstić information content (AvgIpc) is 3.34. The number of carbonyl (C=O) groups excluding carboxylic acids is 1. The molecular weight excluding hydrogens is 468 g/mol. The van der Waals surface area contributed by atoms with Gasteiger partial charge in [0.15, 0.2) is 11.5 Å². The van der Waals surface area contributed by atoms with Crippen molar-refractivity contribution in [1.29, 1.82) is 0 Å². The summed E-state index contributed by atoms with van der Waals surface area (Å²) in [5, 5.41) is 27.4. The molecule has 0 amide bonds. The van der Waals surface area contributed by atoms with Gasteiger partial charge in [0.2, 0.25) is 0 Å². The number of aryl methyl sites for hydroxylation is 1. The lowest BCUT2D eigenvalue weighted by molar-refractivity contribution is 0.103. The van der Waals surface area contributed by atoms with Gasteiger partial charge in [-0.1, -0.05) is 11.6 Å². The molecule has 0 aliphatic carbocycles. The van der Waals surface area contributed by atoms with Gasteiger partial charge in [-0.05, 0) is 105 Å². The zero-order valence-electron chi connectivity index (χ0n) is 20.7. The molecule has 2 heterocycles. The number of ether oxygens (including phenoxy) is 1. The zero-order valence-corrected chi connectivity index (χ0v) is 20.7. The lowest BCUT2D eigenvalue weighted by atomic mass is 9.93. The molecule has 4 aromatic rings. The maximum atomic E-state index is 13.8. The van der Waals surface area contributed by atoms with Crippen LogP contribution in [0.5, 0.6) is 17.2 Å². The predicted octanol–water partition coefficient (Wildman–Crippen LogP) is 5.87. The normalized spacial score (nSPS) is 15.4. The third-order valence-corrected chi connectivity index (χ3v) is 6.78. The van der Waals surface area contributed by atoms with E-state index in [0.29, 0.717) is 52.1 Å². The van der Waals surface area contributed by atoms with Crippen LogP contribution in [0.3, 0.4) is 0 Å². The highest BCUT2D eigenvalue weighted by molar-refractivity contribution is 6.15. The van der Waals surface area contributed by atoms with Gasteiger partial charge < -0.3 is 24.8 Å². The Morgan fingerprint density at radius 3 is 2.49 bits per heavy atom. The molecule has 5 rings (SSSR count). The molecule has 37 heavy (non-hydrogen) atoms. The summed E-state index contributed by atoms with van der Waals surface area (Å²) in [7, 11) is 0. The number of benzene rings is 3. The van der Waals surface area contributed by atoms with Crippen molar-refractivity contribution < 1.29 is 24.3 Å². The molecular formula is C30H30N2O5. The highest BCUT2D eigenvalue weighted by Gasteiger charge is 2.27. The van der Waals surface area contributed by atoms with E-state index in [9.17, 15) is 15.0 Å². The van der Waals surface area contributed by atoms with Gasteiger partial charge in [-0.15, -0.1) is 0 Å². The fourth-order valence-corrected chi connectivity index (χ4v) is 4.74. The number of nitrogens with zero attached hydrogens (tertiary/aromatic N) is 1. The van der Waals surface area contributed by atoms with Crippen molar-refractivity contribution in [1.82, 2.24) is 10.5 Å². The van der Waals surface area contributed by atoms with Crippen molar-refractivity contribution in [2.75, 3.05) is 13.2 Å². The summed E-state index contributed by atoms with van der Waals surface area (Å²) >= 11 is 0. The molecule has 0 spiro atoms. The maximum absolute atomic E-state index is 13.8. The fraction of sp³-hybridized carbons (Fsp3) is 0.267. The number of carbonyl (C=O) groups is 1. The number of ketones is 1. The van der Waals surface area contributed by atoms with Crippen molar-refractivity contribution in [3.63, 3.8) is 0 Å². The molecule has 190 valence electrons. The maximum Gasteiger partial charge on any atom is 0.199 e. The molecule has 1 aliphatic rings. The Labute approximate surface area is 215 Å². The second-order valence-corrected chi connectivity index (χ2v) is 9.42. The molecule has 1 aliphatic heterocycles. The molecule has 0 radical (unpaired) electrons. The van der Waals surface area contributed by atoms with Crippen LogP contribution in [0.1, 0.15) is 47.2 Å². The molecule has 3 N–H and O–H groups in total. The van der Waals surface area contributed by atoms with E-state index < -0.39 is 0 Å². The standard InChI is InChI=1S/C30H30N2O5/c1-19-18-24(34)11-14-26(19)28-27(30(37-32-28)21-5-9-23(33)10-6-21)29(35)20-7-12-25(13-8-20)36-17-15-22-4-2-3-16-31-22/h5-14,18,22,31,33-34H,2-4,15-17H2,1H3. The summed E-state index contributed by atoms with van der Waals surface area (Å²) in [5.41, 5.74) is 3.25. The van der Waals surface area contributed by atoms with Crippen LogP contribution in [-0.4, -0.2) is 40.3 Å². The molecule has 3 aromatic carbocycles. The van der Waals surface area contributed by atoms with Crippen LogP contribution in [0.2, 0.25) is 0 Å². The number of aromatic hydroxyl groups is 2. The first kappa shape index (κ1) is 24.6. The van der Waals surface area contributed by atoms with Crippen LogP contribution in [0.25, 0.3) is 22.6 Å². The molecule has 1 saturated heterocycles. The second kappa shape index (κ2) is 10.9. The lowest BCUT2D eigenvalue weighted by Crippen LogP contribution is -2.35. The highest BCUT2D eigenvalue weighted by Crippen LogP contribution is 2.36. The van der Waals surface area contributed by atoms with Crippen molar-refractivity contribution in [2.45, 2.75) is 38.6 Å². The van der Waals surface area contributed by atoms with Crippen molar-refractivity contribution in [3.05, 3.63) is 83.4 Å². The SMILES string of the molecule is Cc1cc(O)ccc1-c1noc(-c2ccc(O)cc2)c1C(=O)c1ccc(OCCC2CCCCN2)cc1. The van der Waals surface area contributed by atoms with E-state index in [1.807, 2.05) is 6.92 Å². The van der Waals surface area contributed by atoms with E-state index in [4.69, 9.17) is 9.26 Å². The molecule has 1 aromatic heterocycles. The Hall–Kier alpha value is -4.10. The summed E-state index contributed by atoms with van der Waals surface area (Å²) in [6.07, 6.45) is 4.63. The van der Waals surface area contributed by atoms with Crippen molar-refractivity contribution in [3.8, 4) is 39.8 Å². The molecule has 1 fully saturated rings. The molecule has 7 heteroatoms. The lowest BCUT2D eigenvalue weighted by Gasteiger charge is -2.23. The quantitative estimate of drug-likeness (QED) is 0.261. The molecule has 1 unspecified atom stereocenters. The zero-order chi connectivity index (χ0) is 25.8. The minimum absolute atomic E-state index is 0.112. The van der Waals surface area contributed by atoms with Crippen LogP contribution in [-0.2, 0) is 0 Å². The number of phenolic OH excluding ortho intramolecular Hbond substituents is 2. The Bertz CT molecular complexity index is 1370. The molecule has 0 bridgehead atoms. The topological polar surface area (TPSA) is 105 Å². The van der Waals surface area contributed by atoms with Gasteiger partial charge in [0.1, 0.15) is 22.9 Å². The van der Waals surface area contributed by atoms with E-state index >= 15 is 0 Å². The molecule has 1 atom stereocenters. The molecule has 7 nitrogen and oxygen atoms in total. The summed E-state index contributed by atoms with van der Waals surface area (Å²) in [6.45, 7) is 3.53. The van der Waals surface area contributed by atoms with Gasteiger partial charge in [0.25, 0.3) is 0 Å². The minimum Gasteiger partial charge on any atom is -0.508 e. The Morgan fingerprint density at radius 1 is 1.03 bits per heavy atom. The van der Waals surface area contributed by atoms with E-state index in [0.717, 1.165) is 18.5 Å². The monoisotopic (exact) mass is 498 g/mol. The van der Waals surface area contributed by atoms with Crippen LogP contribution >= 0.6 is 0 Å². The summed E-state index contributed by atoms with van der Waals surface area (Å²) < 4.78 is 11.6. The summed E-state index contributed by atoms with van der Waals surface area (Å²) in [5.74, 6) is 1.02. The Balaban J connectivity index is 1.42. The van der Waals surface area contributed by atoms with Crippen LogP contribution in [0.15, 0.2) is 71.3 Å². The third-order valence-electron chi connectivity index (χ3n) is 6.78. The Morgan fingerprint density at radius 2 is 1.78 bits per heavy atom. The van der Waals surface area contributed by atoms with Crippen molar-refractivity contribution >= 4 is 5.78 Å². The largest absolute Gasteiger partial charge is 0.508 e. The minimum atomic E-state index is -0.246. The number of piperidine rings is 1. The first-order chi connectivity index (χ1) is 18.0. The van der Waals surface area contributed by atoms with Gasteiger partial charge in [-0.3, -0.25) is 4.79 Å². The first-order valence-electron chi connectivity index (χ1n) is 12.6. The van der Waals surface area contributed by atoms with Gasteiger partial charge in [0, 0.05) is 22.7 Å². The summed E-state index contributed by atoms with van der Waals surface area (Å²) in [6, 6.07) is 18.9. The number of aromatic nitrogens is 1. The number of rotatable bonds is 8. The van der Waals surface area contributed by atoms with Crippen LogP contribution in [0.4, 0.5) is 0 Å². The number of hydrogen-bond acceptors (Lipinski definition) is 7. The smallest absolute Gasteiger partial charge is 0.199 e. The second-order valence-electron chi connectivity index (χ2n) is 9.42. The number of phenols is 2. The van der Waals surface area contributed by atoms with Crippen molar-refractivity contribution in [2.24, 2.45) is 0 Å². The van der Waals surface area contributed by atoms with E-state index in [2.05, 4.69) is 10.5 Å². The Kier molecular flexibility index (Phi) is 7.23. The first-order valence-corrected chi connectivity index (χ1v) is 12.6. The van der Waals surface area contributed by atoms with Crippen LogP contribution < -0.4 is 10.1 Å². The van der Waals surface area contributed by atoms with E-state index in [1.54, 1.807) is 54.6 Å². The number of nitrogens with one attached hydrogen (secondary N) is 1. The third kappa shape index (κ3) is 5.52.